The van der Waals surface area contributed by atoms with Gasteiger partial charge in [0.2, 0.25) is 0 Å². The monoisotopic (exact) mass is 204 g/mol. The summed E-state index contributed by atoms with van der Waals surface area (Å²) in [5.41, 5.74) is 1.72. The number of unbranched alkanes of at least 4 members (excludes halogenated alkanes) is 1. The molecule has 80 valence electrons. The van der Waals surface area contributed by atoms with E-state index in [1.807, 2.05) is 0 Å². The zero-order chi connectivity index (χ0) is 10.7. The number of nitrogens with zero attached hydrogens (tertiary/aromatic N) is 2. The van der Waals surface area contributed by atoms with Crippen LogP contribution in [0.15, 0.2) is 6.20 Å². The highest BCUT2D eigenvalue weighted by Crippen LogP contribution is 2.18. The van der Waals surface area contributed by atoms with Crippen LogP contribution in [-0.2, 0) is 12.8 Å². The maximum absolute atomic E-state index is 11.5. The molecule has 3 nitrogen and oxygen atoms in total. The smallest absolute Gasteiger partial charge is 0.166 e. The molecule has 1 aromatic heterocycles. The van der Waals surface area contributed by atoms with Crippen molar-refractivity contribution in [1.82, 2.24) is 9.97 Å². The van der Waals surface area contributed by atoms with Gasteiger partial charge in [-0.1, -0.05) is 13.3 Å². The lowest BCUT2D eigenvalue weighted by Gasteiger charge is -2.13. The third kappa shape index (κ3) is 2.22. The first-order valence-electron chi connectivity index (χ1n) is 5.69. The van der Waals surface area contributed by atoms with Crippen LogP contribution in [0.3, 0.4) is 0 Å². The molecule has 0 aliphatic heterocycles. The minimum absolute atomic E-state index is 0.207. The largest absolute Gasteiger partial charge is 0.294 e. The van der Waals surface area contributed by atoms with Crippen molar-refractivity contribution in [3.8, 4) is 0 Å². The van der Waals surface area contributed by atoms with Gasteiger partial charge < -0.3 is 0 Å². The number of aryl methyl sites for hydroxylation is 2. The van der Waals surface area contributed by atoms with E-state index < -0.39 is 0 Å². The molecule has 15 heavy (non-hydrogen) atoms. The Morgan fingerprint density at radius 1 is 1.40 bits per heavy atom. The summed E-state index contributed by atoms with van der Waals surface area (Å²) in [5.74, 6) is 1.10. The molecule has 0 radical (unpaired) electrons. The molecule has 0 atom stereocenters. The van der Waals surface area contributed by atoms with Gasteiger partial charge in [-0.2, -0.15) is 0 Å². The van der Waals surface area contributed by atoms with E-state index >= 15 is 0 Å². The molecule has 0 fully saturated rings. The topological polar surface area (TPSA) is 42.9 Å². The van der Waals surface area contributed by atoms with E-state index in [1.165, 1.54) is 0 Å². The minimum atomic E-state index is 0.207. The number of carbonyl (C=O) groups is 1. The maximum atomic E-state index is 11.5. The van der Waals surface area contributed by atoms with Gasteiger partial charge in [-0.05, 0) is 19.3 Å². The molecule has 1 aliphatic rings. The summed E-state index contributed by atoms with van der Waals surface area (Å²) in [4.78, 5) is 20.2. The predicted octanol–water partition coefficient (Wildman–Crippen LogP) is 2.34. The summed E-state index contributed by atoms with van der Waals surface area (Å²) < 4.78 is 0. The first-order valence-corrected chi connectivity index (χ1v) is 5.69. The molecular weight excluding hydrogens is 188 g/mol. The van der Waals surface area contributed by atoms with Gasteiger partial charge in [0, 0.05) is 19.0 Å². The number of rotatable bonds is 3. The average molecular weight is 204 g/mol. The zero-order valence-electron chi connectivity index (χ0n) is 9.12. The van der Waals surface area contributed by atoms with Crippen molar-refractivity contribution < 1.29 is 4.79 Å². The molecule has 0 unspecified atom stereocenters. The van der Waals surface area contributed by atoms with Gasteiger partial charge >= 0.3 is 0 Å². The molecule has 2 rings (SSSR count). The third-order valence-corrected chi connectivity index (χ3v) is 2.79. The van der Waals surface area contributed by atoms with Gasteiger partial charge in [0.25, 0.3) is 0 Å². The van der Waals surface area contributed by atoms with Crippen LogP contribution in [-0.4, -0.2) is 15.8 Å². The molecule has 0 saturated heterocycles. The quantitative estimate of drug-likeness (QED) is 0.759. The average Bonchev–Trinajstić information content (AvgIpc) is 2.26. The second kappa shape index (κ2) is 4.51. The van der Waals surface area contributed by atoms with Crippen LogP contribution in [0.5, 0.6) is 0 Å². The molecular formula is C12H16N2O. The summed E-state index contributed by atoms with van der Waals surface area (Å²) in [6, 6.07) is 0. The van der Waals surface area contributed by atoms with Crippen molar-refractivity contribution in [2.45, 2.75) is 45.4 Å². The van der Waals surface area contributed by atoms with Crippen molar-refractivity contribution in [3.05, 3.63) is 23.3 Å². The molecule has 0 saturated carbocycles. The van der Waals surface area contributed by atoms with Crippen molar-refractivity contribution in [1.29, 1.82) is 0 Å². The van der Waals surface area contributed by atoms with Crippen molar-refractivity contribution in [2.24, 2.45) is 0 Å². The molecule has 0 aromatic carbocycles. The van der Waals surface area contributed by atoms with Gasteiger partial charge in [-0.25, -0.2) is 9.97 Å². The molecule has 0 spiro atoms. The standard InChI is InChI=1S/C12H16N2O/c1-2-3-7-12-13-8-9-10(14-12)5-4-6-11(9)15/h8H,2-7H2,1H3. The number of hydrogen-bond donors (Lipinski definition) is 0. The Hall–Kier alpha value is -1.25. The number of Topliss-reactive ketones (excluding diaryl/α,β-unsaturated/α-hetero) is 1. The molecule has 1 aromatic rings. The van der Waals surface area contributed by atoms with E-state index in [0.717, 1.165) is 49.2 Å². The Bertz CT molecular complexity index is 374. The van der Waals surface area contributed by atoms with E-state index in [2.05, 4.69) is 16.9 Å². The summed E-state index contributed by atoms with van der Waals surface area (Å²) in [6.45, 7) is 2.15. The first-order chi connectivity index (χ1) is 7.31. The minimum Gasteiger partial charge on any atom is -0.294 e. The third-order valence-electron chi connectivity index (χ3n) is 2.79. The van der Waals surface area contributed by atoms with Crippen LogP contribution in [0, 0.1) is 0 Å². The number of ketones is 1. The van der Waals surface area contributed by atoms with E-state index in [0.29, 0.717) is 6.42 Å². The number of aromatic nitrogens is 2. The van der Waals surface area contributed by atoms with Crippen LogP contribution in [0.1, 0.15) is 54.5 Å². The van der Waals surface area contributed by atoms with E-state index in [1.54, 1.807) is 6.20 Å². The van der Waals surface area contributed by atoms with Gasteiger partial charge in [0.15, 0.2) is 5.78 Å². The molecule has 1 aliphatic carbocycles. The molecule has 0 N–H and O–H groups in total. The lowest BCUT2D eigenvalue weighted by Crippen LogP contribution is -2.14. The second-order valence-corrected chi connectivity index (χ2v) is 4.03. The van der Waals surface area contributed by atoms with E-state index in [9.17, 15) is 4.79 Å². The van der Waals surface area contributed by atoms with Crippen LogP contribution >= 0.6 is 0 Å². The fraction of sp³-hybridized carbons (Fsp3) is 0.583. The predicted molar refractivity (Wildman–Crippen MR) is 57.9 cm³/mol. The van der Waals surface area contributed by atoms with E-state index in [4.69, 9.17) is 0 Å². The lowest BCUT2D eigenvalue weighted by atomic mass is 9.96. The SMILES string of the molecule is CCCCc1ncc2c(n1)CCCC2=O. The number of hydrogen-bond acceptors (Lipinski definition) is 3. The molecule has 0 amide bonds. The summed E-state index contributed by atoms with van der Waals surface area (Å²) in [6.07, 6.45) is 7.45. The van der Waals surface area contributed by atoms with Crippen molar-refractivity contribution >= 4 is 5.78 Å². The van der Waals surface area contributed by atoms with Crippen LogP contribution in [0.4, 0.5) is 0 Å². The van der Waals surface area contributed by atoms with E-state index in [-0.39, 0.29) is 5.78 Å². The van der Waals surface area contributed by atoms with Crippen molar-refractivity contribution in [3.63, 3.8) is 0 Å². The highest BCUT2D eigenvalue weighted by atomic mass is 16.1. The Labute approximate surface area is 89.9 Å². The highest BCUT2D eigenvalue weighted by Gasteiger charge is 2.18. The number of carbonyl (C=O) groups excluding carboxylic acids is 1. The first kappa shape index (κ1) is 10.3. The fourth-order valence-electron chi connectivity index (χ4n) is 1.89. The van der Waals surface area contributed by atoms with Crippen LogP contribution in [0.2, 0.25) is 0 Å². The molecule has 1 heterocycles. The van der Waals surface area contributed by atoms with Gasteiger partial charge in [-0.3, -0.25) is 4.79 Å². The Balaban J connectivity index is 2.21. The van der Waals surface area contributed by atoms with Gasteiger partial charge in [-0.15, -0.1) is 0 Å². The van der Waals surface area contributed by atoms with Gasteiger partial charge in [0.1, 0.15) is 5.82 Å². The fourth-order valence-corrected chi connectivity index (χ4v) is 1.89. The Morgan fingerprint density at radius 2 is 2.27 bits per heavy atom. The van der Waals surface area contributed by atoms with Crippen molar-refractivity contribution in [2.75, 3.05) is 0 Å². The summed E-state index contributed by atoms with van der Waals surface area (Å²) in [5, 5.41) is 0. The van der Waals surface area contributed by atoms with Crippen LogP contribution in [0.25, 0.3) is 0 Å². The van der Waals surface area contributed by atoms with Crippen LogP contribution < -0.4 is 0 Å². The summed E-state index contributed by atoms with van der Waals surface area (Å²) in [7, 11) is 0. The highest BCUT2D eigenvalue weighted by molar-refractivity contribution is 5.97. The maximum Gasteiger partial charge on any atom is 0.166 e. The Morgan fingerprint density at radius 3 is 3.07 bits per heavy atom. The molecule has 3 heteroatoms. The normalized spacial score (nSPS) is 15.1. The van der Waals surface area contributed by atoms with Gasteiger partial charge in [0.05, 0.1) is 11.3 Å². The Kier molecular flexibility index (Phi) is 3.09. The lowest BCUT2D eigenvalue weighted by molar-refractivity contribution is 0.0971. The molecule has 0 bridgehead atoms. The second-order valence-electron chi connectivity index (χ2n) is 4.03. The zero-order valence-corrected chi connectivity index (χ0v) is 9.12. The summed E-state index contributed by atoms with van der Waals surface area (Å²) >= 11 is 0. The number of fused-ring (bicyclic) bond motifs is 1.